The molecule has 0 rings (SSSR count). The summed E-state index contributed by atoms with van der Waals surface area (Å²) >= 11 is 0. The first-order chi connectivity index (χ1) is 5.09. The van der Waals surface area contributed by atoms with Crippen LogP contribution in [-0.2, 0) is 0 Å². The molecule has 0 aliphatic carbocycles. The van der Waals surface area contributed by atoms with Crippen molar-refractivity contribution in [2.45, 2.75) is 20.3 Å². The molecule has 2 heteroatoms. The van der Waals surface area contributed by atoms with E-state index in [2.05, 4.69) is 25.5 Å². The van der Waals surface area contributed by atoms with Gasteiger partial charge in [-0.3, -0.25) is 0 Å². The van der Waals surface area contributed by atoms with Crippen molar-refractivity contribution in [2.75, 3.05) is 13.6 Å². The molecule has 0 aromatic heterocycles. The van der Waals surface area contributed by atoms with Gasteiger partial charge in [-0.1, -0.05) is 20.1 Å². The second-order valence-corrected chi connectivity index (χ2v) is 2.69. The van der Waals surface area contributed by atoms with E-state index in [9.17, 15) is 0 Å². The van der Waals surface area contributed by atoms with Crippen LogP contribution in [0.25, 0.3) is 0 Å². The molecule has 2 nitrogen and oxygen atoms in total. The van der Waals surface area contributed by atoms with Gasteiger partial charge in [-0.05, 0) is 18.9 Å². The third-order valence-corrected chi connectivity index (χ3v) is 1.50. The van der Waals surface area contributed by atoms with Gasteiger partial charge >= 0.3 is 0 Å². The summed E-state index contributed by atoms with van der Waals surface area (Å²) in [4.78, 5) is 0. The Morgan fingerprint density at radius 2 is 2.00 bits per heavy atom. The fourth-order valence-corrected chi connectivity index (χ4v) is 0.661. The van der Waals surface area contributed by atoms with Gasteiger partial charge in [-0.2, -0.15) is 0 Å². The van der Waals surface area contributed by atoms with Crippen LogP contribution in [0, 0.1) is 0 Å². The molecule has 0 unspecified atom stereocenters. The van der Waals surface area contributed by atoms with Crippen LogP contribution >= 0.6 is 0 Å². The van der Waals surface area contributed by atoms with Gasteiger partial charge in [0.15, 0.2) is 0 Å². The minimum absolute atomic E-state index is 0.943. The van der Waals surface area contributed by atoms with Crippen molar-refractivity contribution in [3.63, 3.8) is 0 Å². The predicted octanol–water partition coefficient (Wildman–Crippen LogP) is 1.92. The van der Waals surface area contributed by atoms with Gasteiger partial charge in [0.1, 0.15) is 0 Å². The monoisotopic (exact) mass is 154 g/mol. The number of hydrogen-bond donors (Lipinski definition) is 1. The Kier molecular flexibility index (Phi) is 4.62. The van der Waals surface area contributed by atoms with E-state index < -0.39 is 0 Å². The van der Waals surface area contributed by atoms with Crippen LogP contribution in [-0.4, -0.2) is 18.6 Å². The number of nitrogens with zero attached hydrogens (tertiary/aromatic N) is 1. The molecule has 0 fully saturated rings. The Hall–Kier alpha value is -0.760. The maximum atomic E-state index is 3.87. The van der Waals surface area contributed by atoms with E-state index in [0.717, 1.165) is 24.2 Å². The molecule has 0 spiro atoms. The van der Waals surface area contributed by atoms with Crippen LogP contribution in [0.3, 0.4) is 0 Å². The number of allylic oxidation sites excluding steroid dienone is 1. The van der Waals surface area contributed by atoms with Gasteiger partial charge in [-0.25, -0.2) is 5.43 Å². The zero-order valence-corrected chi connectivity index (χ0v) is 7.78. The van der Waals surface area contributed by atoms with Crippen molar-refractivity contribution in [3.05, 3.63) is 24.4 Å². The molecule has 1 N–H and O–H groups in total. The number of hydrogen-bond acceptors (Lipinski definition) is 2. The van der Waals surface area contributed by atoms with E-state index in [-0.39, 0.29) is 0 Å². The van der Waals surface area contributed by atoms with Crippen molar-refractivity contribution in [2.24, 2.45) is 0 Å². The van der Waals surface area contributed by atoms with Crippen molar-refractivity contribution in [1.29, 1.82) is 0 Å². The lowest BCUT2D eigenvalue weighted by atomic mass is 10.3. The van der Waals surface area contributed by atoms with E-state index in [1.165, 1.54) is 0 Å². The molecule has 0 aliphatic heterocycles. The van der Waals surface area contributed by atoms with Gasteiger partial charge in [0.05, 0.1) is 0 Å². The van der Waals surface area contributed by atoms with Crippen molar-refractivity contribution >= 4 is 0 Å². The molecule has 0 amide bonds. The summed E-state index contributed by atoms with van der Waals surface area (Å²) in [5, 5.41) is 1.91. The predicted molar refractivity (Wildman–Crippen MR) is 50.0 cm³/mol. The number of hydrazine groups is 1. The van der Waals surface area contributed by atoms with E-state index in [1.54, 1.807) is 0 Å². The Morgan fingerprint density at radius 1 is 1.45 bits per heavy atom. The lowest BCUT2D eigenvalue weighted by Crippen LogP contribution is -2.33. The van der Waals surface area contributed by atoms with Crippen LogP contribution in [0.5, 0.6) is 0 Å². The number of nitrogens with one attached hydrogen (secondary N) is 1. The second-order valence-electron chi connectivity index (χ2n) is 2.69. The molecule has 64 valence electrons. The maximum Gasteiger partial charge on any atom is 0.0467 e. The van der Waals surface area contributed by atoms with Crippen LogP contribution < -0.4 is 5.43 Å². The fraction of sp³-hybridized carbons (Fsp3) is 0.556. The molecule has 11 heavy (non-hydrogen) atoms. The summed E-state index contributed by atoms with van der Waals surface area (Å²) in [6.07, 6.45) is 1.12. The third kappa shape index (κ3) is 3.83. The summed E-state index contributed by atoms with van der Waals surface area (Å²) < 4.78 is 0. The summed E-state index contributed by atoms with van der Waals surface area (Å²) in [6, 6.07) is 0. The van der Waals surface area contributed by atoms with Crippen molar-refractivity contribution in [1.82, 2.24) is 10.4 Å². The van der Waals surface area contributed by atoms with Gasteiger partial charge in [0.25, 0.3) is 0 Å². The van der Waals surface area contributed by atoms with E-state index in [1.807, 2.05) is 19.0 Å². The van der Waals surface area contributed by atoms with Gasteiger partial charge in [0, 0.05) is 19.3 Å². The quantitative estimate of drug-likeness (QED) is 0.481. The first kappa shape index (κ1) is 10.2. The highest BCUT2D eigenvalue weighted by Gasteiger charge is 1.99. The van der Waals surface area contributed by atoms with Crippen LogP contribution in [0.2, 0.25) is 0 Å². The summed E-state index contributed by atoms with van der Waals surface area (Å²) in [6.45, 7) is 12.7. The Morgan fingerprint density at radius 3 is 2.36 bits per heavy atom. The smallest absolute Gasteiger partial charge is 0.0467 e. The lowest BCUT2D eigenvalue weighted by molar-refractivity contribution is 0.306. The molecular weight excluding hydrogens is 136 g/mol. The molecule has 0 atom stereocenters. The highest BCUT2D eigenvalue weighted by molar-refractivity contribution is 5.20. The minimum atomic E-state index is 0.943. The summed E-state index contributed by atoms with van der Waals surface area (Å²) in [7, 11) is 1.95. The molecule has 0 aliphatic rings. The topological polar surface area (TPSA) is 15.3 Å². The number of likely N-dealkylation sites (N-methyl/N-ethyl adjacent to an activating group) is 1. The van der Waals surface area contributed by atoms with Crippen LogP contribution in [0.15, 0.2) is 24.4 Å². The highest BCUT2D eigenvalue weighted by Crippen LogP contribution is 2.04. The van der Waals surface area contributed by atoms with E-state index in [4.69, 9.17) is 0 Å². The maximum absolute atomic E-state index is 3.87. The van der Waals surface area contributed by atoms with E-state index >= 15 is 0 Å². The van der Waals surface area contributed by atoms with Crippen molar-refractivity contribution < 1.29 is 0 Å². The standard InChI is InChI=1S/C9H18N2/c1-6-7-10-11(5)9(4)8(2)3/h10H,2,4,6-7H2,1,3,5H3. The third-order valence-electron chi connectivity index (χ3n) is 1.50. The number of rotatable bonds is 5. The Bertz CT molecular complexity index is 150. The van der Waals surface area contributed by atoms with Gasteiger partial charge in [-0.15, -0.1) is 0 Å². The lowest BCUT2D eigenvalue weighted by Gasteiger charge is -2.22. The zero-order valence-electron chi connectivity index (χ0n) is 7.78. The fourth-order valence-electron chi connectivity index (χ4n) is 0.661. The second kappa shape index (κ2) is 4.97. The molecule has 0 aromatic carbocycles. The average Bonchev–Trinajstić information content (AvgIpc) is 1.98. The largest absolute Gasteiger partial charge is 0.312 e. The minimum Gasteiger partial charge on any atom is -0.312 e. The van der Waals surface area contributed by atoms with E-state index in [0.29, 0.717) is 0 Å². The van der Waals surface area contributed by atoms with Gasteiger partial charge in [0.2, 0.25) is 0 Å². The molecule has 0 aromatic rings. The molecular formula is C9H18N2. The van der Waals surface area contributed by atoms with Crippen LogP contribution in [0.1, 0.15) is 20.3 Å². The normalized spacial score (nSPS) is 9.36. The molecule has 0 saturated carbocycles. The molecule has 0 saturated heterocycles. The first-order valence-corrected chi connectivity index (χ1v) is 3.91. The highest BCUT2D eigenvalue weighted by atomic mass is 15.5. The molecule has 0 bridgehead atoms. The summed E-state index contributed by atoms with van der Waals surface area (Å²) in [5.41, 5.74) is 5.13. The summed E-state index contributed by atoms with van der Waals surface area (Å²) in [5.74, 6) is 0. The average molecular weight is 154 g/mol. The first-order valence-electron chi connectivity index (χ1n) is 3.91. The Labute approximate surface area is 69.6 Å². The molecule has 0 heterocycles. The van der Waals surface area contributed by atoms with Crippen LogP contribution in [0.4, 0.5) is 0 Å². The Balaban J connectivity index is 3.73. The molecule has 0 radical (unpaired) electrons. The zero-order chi connectivity index (χ0) is 8.85. The van der Waals surface area contributed by atoms with Crippen molar-refractivity contribution in [3.8, 4) is 0 Å². The van der Waals surface area contributed by atoms with Gasteiger partial charge < -0.3 is 5.01 Å². The SMILES string of the molecule is C=C(C)C(=C)N(C)NCCC.